The first kappa shape index (κ1) is 16.8. The summed E-state index contributed by atoms with van der Waals surface area (Å²) in [5.41, 5.74) is 5.72. The lowest BCUT2D eigenvalue weighted by Crippen LogP contribution is -2.34. The summed E-state index contributed by atoms with van der Waals surface area (Å²) in [4.78, 5) is 0. The third-order valence-electron chi connectivity index (χ3n) is 5.23. The number of aromatic nitrogens is 1. The van der Waals surface area contributed by atoms with Crippen molar-refractivity contribution in [2.45, 2.75) is 0 Å². The summed E-state index contributed by atoms with van der Waals surface area (Å²) in [6, 6.07) is 30.6. The van der Waals surface area contributed by atoms with Crippen LogP contribution in [-0.2, 0) is 0 Å². The molecule has 3 nitrogen and oxygen atoms in total. The Morgan fingerprint density at radius 2 is 1.39 bits per heavy atom. The monoisotopic (exact) mass is 363 g/mol. The Balaban J connectivity index is 1.85. The molecule has 4 heteroatoms. The lowest BCUT2D eigenvalue weighted by Gasteiger charge is -2.08. The van der Waals surface area contributed by atoms with Crippen molar-refractivity contribution in [2.75, 3.05) is 0 Å². The molecule has 0 aliphatic carbocycles. The summed E-state index contributed by atoms with van der Waals surface area (Å²) in [6.45, 7) is 0. The van der Waals surface area contributed by atoms with E-state index in [0.717, 1.165) is 27.8 Å². The van der Waals surface area contributed by atoms with E-state index in [1.165, 1.54) is 10.8 Å². The zero-order valence-corrected chi connectivity index (χ0v) is 15.2. The summed E-state index contributed by atoms with van der Waals surface area (Å²) >= 11 is 0. The molecule has 0 saturated heterocycles. The van der Waals surface area contributed by atoms with Crippen LogP contribution >= 0.6 is 0 Å². The minimum absolute atomic E-state index is 0.446. The first-order chi connectivity index (χ1) is 13.7. The van der Waals surface area contributed by atoms with Gasteiger partial charge in [-0.05, 0) is 40.1 Å². The van der Waals surface area contributed by atoms with Gasteiger partial charge in [-0.1, -0.05) is 72.8 Å². The second-order valence-corrected chi connectivity index (χ2v) is 6.93. The molecule has 0 radical (unpaired) electrons. The fourth-order valence-electron chi connectivity index (χ4n) is 3.91. The number of benzene rings is 3. The molecule has 0 aliphatic heterocycles. The highest BCUT2D eigenvalue weighted by atomic mass is 16.4. The average Bonchev–Trinajstić information content (AvgIpc) is 3.13. The van der Waals surface area contributed by atoms with Gasteiger partial charge in [-0.25, -0.2) is 0 Å². The van der Waals surface area contributed by atoms with E-state index in [9.17, 15) is 10.0 Å². The van der Waals surface area contributed by atoms with Gasteiger partial charge in [0.1, 0.15) is 0 Å². The maximum absolute atomic E-state index is 9.84. The molecule has 5 aromatic rings. The van der Waals surface area contributed by atoms with Crippen LogP contribution in [0.25, 0.3) is 38.5 Å². The van der Waals surface area contributed by atoms with Crippen LogP contribution in [0.3, 0.4) is 0 Å². The first-order valence-electron chi connectivity index (χ1n) is 9.27. The molecule has 5 rings (SSSR count). The van der Waals surface area contributed by atoms with E-state index in [1.54, 1.807) is 6.07 Å². The van der Waals surface area contributed by atoms with Gasteiger partial charge in [0.2, 0.25) is 0 Å². The standard InChI is InChI=1S/C24H18BNO2/c27-25(28)23-12-6-11-22-24(18-8-2-1-3-9-18)21(16-26(22)23)20-14-13-17-7-4-5-10-19(17)15-20/h1-16,27-28H. The molecule has 3 aromatic carbocycles. The highest BCUT2D eigenvalue weighted by Gasteiger charge is 2.20. The summed E-state index contributed by atoms with van der Waals surface area (Å²) in [5.74, 6) is 0. The average molecular weight is 363 g/mol. The molecule has 0 aliphatic rings. The Hall–Kier alpha value is -3.34. The van der Waals surface area contributed by atoms with Gasteiger partial charge in [0.15, 0.2) is 0 Å². The molecular weight excluding hydrogens is 345 g/mol. The molecule has 0 spiro atoms. The fourth-order valence-corrected chi connectivity index (χ4v) is 3.91. The number of pyridine rings is 1. The molecular formula is C24H18BNO2. The number of fused-ring (bicyclic) bond motifs is 2. The quantitative estimate of drug-likeness (QED) is 0.474. The van der Waals surface area contributed by atoms with Crippen LogP contribution in [0.1, 0.15) is 0 Å². The molecule has 0 atom stereocenters. The predicted molar refractivity (Wildman–Crippen MR) is 116 cm³/mol. The van der Waals surface area contributed by atoms with E-state index in [1.807, 2.05) is 53.1 Å². The van der Waals surface area contributed by atoms with Crippen LogP contribution in [-0.4, -0.2) is 21.6 Å². The SMILES string of the molecule is OB(O)c1cccc2c(-c3ccccc3)c(-c3ccc4ccccc4c3)cn12. The summed E-state index contributed by atoms with van der Waals surface area (Å²) in [7, 11) is -1.54. The van der Waals surface area contributed by atoms with Gasteiger partial charge in [0.05, 0.1) is 11.1 Å². The number of nitrogens with zero attached hydrogens (tertiary/aromatic N) is 1. The van der Waals surface area contributed by atoms with Crippen molar-refractivity contribution in [1.82, 2.24) is 4.40 Å². The smallest absolute Gasteiger partial charge is 0.422 e. The van der Waals surface area contributed by atoms with Crippen molar-refractivity contribution < 1.29 is 10.0 Å². The Bertz CT molecular complexity index is 1290. The summed E-state index contributed by atoms with van der Waals surface area (Å²) in [5, 5.41) is 22.1. The van der Waals surface area contributed by atoms with Crippen LogP contribution in [0, 0.1) is 0 Å². The first-order valence-corrected chi connectivity index (χ1v) is 9.27. The Kier molecular flexibility index (Phi) is 4.01. The molecule has 0 unspecified atom stereocenters. The fraction of sp³-hybridized carbons (Fsp3) is 0. The van der Waals surface area contributed by atoms with Gasteiger partial charge in [0, 0.05) is 17.3 Å². The van der Waals surface area contributed by atoms with Crippen molar-refractivity contribution in [2.24, 2.45) is 0 Å². The molecule has 2 aromatic heterocycles. The molecule has 0 bridgehead atoms. The van der Waals surface area contributed by atoms with E-state index in [-0.39, 0.29) is 0 Å². The Labute approximate surface area is 163 Å². The van der Waals surface area contributed by atoms with Gasteiger partial charge in [0.25, 0.3) is 0 Å². The number of hydrogen-bond donors (Lipinski definition) is 2. The van der Waals surface area contributed by atoms with Crippen LogP contribution in [0.2, 0.25) is 0 Å². The zero-order valence-electron chi connectivity index (χ0n) is 15.2. The molecule has 2 N–H and O–H groups in total. The zero-order chi connectivity index (χ0) is 19.1. The largest absolute Gasteiger partial charge is 0.506 e. The number of hydrogen-bond acceptors (Lipinski definition) is 2. The second-order valence-electron chi connectivity index (χ2n) is 6.93. The second kappa shape index (κ2) is 6.68. The minimum Gasteiger partial charge on any atom is -0.422 e. The number of rotatable bonds is 3. The van der Waals surface area contributed by atoms with Gasteiger partial charge in [-0.2, -0.15) is 0 Å². The van der Waals surface area contributed by atoms with Crippen LogP contribution in [0.4, 0.5) is 0 Å². The van der Waals surface area contributed by atoms with Crippen molar-refractivity contribution in [3.8, 4) is 22.3 Å². The highest BCUT2D eigenvalue weighted by molar-refractivity contribution is 6.57. The molecule has 0 amide bonds. The van der Waals surface area contributed by atoms with Gasteiger partial charge < -0.3 is 14.4 Å². The van der Waals surface area contributed by atoms with E-state index in [4.69, 9.17) is 0 Å². The molecule has 0 saturated carbocycles. The van der Waals surface area contributed by atoms with E-state index in [0.29, 0.717) is 5.59 Å². The summed E-state index contributed by atoms with van der Waals surface area (Å²) in [6.07, 6.45) is 2.00. The molecule has 0 fully saturated rings. The van der Waals surface area contributed by atoms with Crippen molar-refractivity contribution in [3.63, 3.8) is 0 Å². The predicted octanol–water partition coefficient (Wildman–Crippen LogP) is 4.11. The van der Waals surface area contributed by atoms with Crippen molar-refractivity contribution in [1.29, 1.82) is 0 Å². The Morgan fingerprint density at radius 1 is 0.643 bits per heavy atom. The van der Waals surface area contributed by atoms with Crippen molar-refractivity contribution >= 4 is 29.0 Å². The maximum Gasteiger partial charge on any atom is 0.506 e. The third-order valence-corrected chi connectivity index (χ3v) is 5.23. The minimum atomic E-state index is -1.54. The highest BCUT2D eigenvalue weighted by Crippen LogP contribution is 2.37. The van der Waals surface area contributed by atoms with Gasteiger partial charge >= 0.3 is 7.12 Å². The van der Waals surface area contributed by atoms with Gasteiger partial charge in [-0.3, -0.25) is 0 Å². The van der Waals surface area contributed by atoms with E-state index < -0.39 is 7.12 Å². The van der Waals surface area contributed by atoms with Crippen LogP contribution < -0.4 is 5.59 Å². The molecule has 28 heavy (non-hydrogen) atoms. The van der Waals surface area contributed by atoms with Crippen LogP contribution in [0.5, 0.6) is 0 Å². The normalized spacial score (nSPS) is 11.2. The molecule has 134 valence electrons. The Morgan fingerprint density at radius 3 is 2.18 bits per heavy atom. The van der Waals surface area contributed by atoms with E-state index in [2.05, 4.69) is 42.5 Å². The third kappa shape index (κ3) is 2.71. The van der Waals surface area contributed by atoms with Gasteiger partial charge in [-0.15, -0.1) is 0 Å². The van der Waals surface area contributed by atoms with Crippen LogP contribution in [0.15, 0.2) is 97.2 Å². The lowest BCUT2D eigenvalue weighted by molar-refractivity contribution is 0.423. The maximum atomic E-state index is 9.84. The molecule has 2 heterocycles. The topological polar surface area (TPSA) is 44.9 Å². The summed E-state index contributed by atoms with van der Waals surface area (Å²) < 4.78 is 1.87. The van der Waals surface area contributed by atoms with E-state index >= 15 is 0 Å². The van der Waals surface area contributed by atoms with Crippen molar-refractivity contribution in [3.05, 3.63) is 97.2 Å². The lowest BCUT2D eigenvalue weighted by atomic mass is 9.85.